The Bertz CT molecular complexity index is 1080. The number of nitro groups is 1. The molecule has 31 heavy (non-hydrogen) atoms. The number of amides is 1. The van der Waals surface area contributed by atoms with E-state index in [0.29, 0.717) is 44.1 Å². The van der Waals surface area contributed by atoms with Crippen LogP contribution in [0.5, 0.6) is 0 Å². The first kappa shape index (κ1) is 20.6. The van der Waals surface area contributed by atoms with Gasteiger partial charge in [0, 0.05) is 30.4 Å². The van der Waals surface area contributed by atoms with E-state index in [9.17, 15) is 14.9 Å². The molecule has 1 saturated heterocycles. The van der Waals surface area contributed by atoms with Crippen LogP contribution in [0.4, 0.5) is 17.1 Å². The first-order chi connectivity index (χ1) is 15.1. The molecule has 0 unspecified atom stereocenters. The number of carbonyl (C=O) groups excluding carboxylic acids is 1. The fraction of sp³-hybridized carbons (Fsp3) is 0.208. The van der Waals surface area contributed by atoms with Crippen LogP contribution in [-0.2, 0) is 11.2 Å². The fourth-order valence-corrected chi connectivity index (χ4v) is 3.69. The molecular weight excluding hydrogens is 394 g/mol. The second-order valence-corrected chi connectivity index (χ2v) is 7.33. The number of rotatable bonds is 6. The molecule has 7 heteroatoms. The smallest absolute Gasteiger partial charge is 0.293 e. The Morgan fingerprint density at radius 1 is 1.00 bits per heavy atom. The number of carbonyl (C=O) groups is 1. The number of anilines is 2. The number of nitrogens with zero attached hydrogens (tertiary/aromatic N) is 2. The van der Waals surface area contributed by atoms with E-state index in [1.165, 1.54) is 6.07 Å². The molecule has 4 rings (SSSR count). The van der Waals surface area contributed by atoms with Gasteiger partial charge >= 0.3 is 0 Å². The van der Waals surface area contributed by atoms with Crippen LogP contribution >= 0.6 is 0 Å². The maximum absolute atomic E-state index is 12.9. The summed E-state index contributed by atoms with van der Waals surface area (Å²) in [6.45, 7) is 2.22. The Morgan fingerprint density at radius 3 is 2.45 bits per heavy atom. The van der Waals surface area contributed by atoms with Gasteiger partial charge < -0.3 is 15.0 Å². The highest BCUT2D eigenvalue weighted by molar-refractivity contribution is 6.05. The van der Waals surface area contributed by atoms with Crippen LogP contribution in [-0.4, -0.2) is 37.1 Å². The molecule has 1 aliphatic heterocycles. The zero-order valence-corrected chi connectivity index (χ0v) is 17.0. The van der Waals surface area contributed by atoms with Gasteiger partial charge in [0.1, 0.15) is 5.69 Å². The van der Waals surface area contributed by atoms with E-state index in [2.05, 4.69) is 5.32 Å². The molecule has 3 aromatic carbocycles. The number of para-hydroxylation sites is 1. The summed E-state index contributed by atoms with van der Waals surface area (Å²) in [6.07, 6.45) is 0.674. The van der Waals surface area contributed by atoms with Crippen LogP contribution in [0, 0.1) is 10.1 Å². The largest absolute Gasteiger partial charge is 0.378 e. The van der Waals surface area contributed by atoms with E-state index in [4.69, 9.17) is 4.74 Å². The van der Waals surface area contributed by atoms with Crippen molar-refractivity contribution in [1.82, 2.24) is 0 Å². The predicted octanol–water partition coefficient (Wildman–Crippen LogP) is 4.27. The van der Waals surface area contributed by atoms with Crippen LogP contribution in [0.1, 0.15) is 21.5 Å². The topological polar surface area (TPSA) is 84.7 Å². The van der Waals surface area contributed by atoms with Gasteiger partial charge in [0.2, 0.25) is 0 Å². The number of nitro benzene ring substituents is 1. The van der Waals surface area contributed by atoms with Gasteiger partial charge in [-0.25, -0.2) is 0 Å². The van der Waals surface area contributed by atoms with Gasteiger partial charge in [-0.2, -0.15) is 0 Å². The molecule has 0 saturated carbocycles. The van der Waals surface area contributed by atoms with Crippen molar-refractivity contribution in [3.05, 3.63) is 99.6 Å². The standard InChI is InChI=1S/C24H23N3O4/c28-24(25-21-9-5-4-8-19(21)16-18-6-2-1-3-7-18)20-10-11-22(23(17-20)27(29)30)26-12-14-31-15-13-26/h1-11,17H,12-16H2,(H,25,28). The Labute approximate surface area is 180 Å². The second kappa shape index (κ2) is 9.40. The summed E-state index contributed by atoms with van der Waals surface area (Å²) < 4.78 is 5.33. The highest BCUT2D eigenvalue weighted by Gasteiger charge is 2.23. The van der Waals surface area contributed by atoms with E-state index in [1.54, 1.807) is 12.1 Å². The third-order valence-electron chi connectivity index (χ3n) is 5.29. The molecule has 1 aliphatic rings. The van der Waals surface area contributed by atoms with Crippen molar-refractivity contribution in [3.8, 4) is 0 Å². The van der Waals surface area contributed by atoms with E-state index in [-0.39, 0.29) is 17.2 Å². The van der Waals surface area contributed by atoms with Crippen LogP contribution in [0.25, 0.3) is 0 Å². The van der Waals surface area contributed by atoms with Crippen molar-refractivity contribution < 1.29 is 14.5 Å². The minimum absolute atomic E-state index is 0.0767. The lowest BCUT2D eigenvalue weighted by molar-refractivity contribution is -0.384. The van der Waals surface area contributed by atoms with E-state index in [0.717, 1.165) is 11.1 Å². The third kappa shape index (κ3) is 4.90. The lowest BCUT2D eigenvalue weighted by Crippen LogP contribution is -2.36. The summed E-state index contributed by atoms with van der Waals surface area (Å²) in [7, 11) is 0. The summed E-state index contributed by atoms with van der Waals surface area (Å²) in [5.74, 6) is -0.378. The summed E-state index contributed by atoms with van der Waals surface area (Å²) in [4.78, 5) is 26.1. The molecule has 1 N–H and O–H groups in total. The number of hydrogen-bond donors (Lipinski definition) is 1. The Balaban J connectivity index is 1.56. The Hall–Kier alpha value is -3.71. The van der Waals surface area contributed by atoms with Gasteiger partial charge in [-0.15, -0.1) is 0 Å². The minimum Gasteiger partial charge on any atom is -0.378 e. The van der Waals surface area contributed by atoms with Crippen LogP contribution in [0.2, 0.25) is 0 Å². The number of hydrogen-bond acceptors (Lipinski definition) is 5. The molecule has 158 valence electrons. The molecule has 3 aromatic rings. The number of nitrogens with one attached hydrogen (secondary N) is 1. The van der Waals surface area contributed by atoms with Gasteiger partial charge in [0.15, 0.2) is 0 Å². The van der Waals surface area contributed by atoms with Crippen molar-refractivity contribution in [2.75, 3.05) is 36.5 Å². The molecule has 0 spiro atoms. The van der Waals surface area contributed by atoms with Gasteiger partial charge in [-0.1, -0.05) is 48.5 Å². The highest BCUT2D eigenvalue weighted by Crippen LogP contribution is 2.30. The van der Waals surface area contributed by atoms with Crippen molar-refractivity contribution in [3.63, 3.8) is 0 Å². The van der Waals surface area contributed by atoms with Crippen LogP contribution < -0.4 is 10.2 Å². The molecule has 0 aliphatic carbocycles. The molecule has 0 aromatic heterocycles. The van der Waals surface area contributed by atoms with Gasteiger partial charge in [0.25, 0.3) is 11.6 Å². The first-order valence-electron chi connectivity index (χ1n) is 10.2. The SMILES string of the molecule is O=C(Nc1ccccc1Cc1ccccc1)c1ccc(N2CCOCC2)c([N+](=O)[O-])c1. The van der Waals surface area contributed by atoms with Gasteiger partial charge in [-0.05, 0) is 35.7 Å². The molecular formula is C24H23N3O4. The first-order valence-corrected chi connectivity index (χ1v) is 10.2. The normalized spacial score (nSPS) is 13.6. The molecule has 0 bridgehead atoms. The molecule has 0 radical (unpaired) electrons. The predicted molar refractivity (Wildman–Crippen MR) is 120 cm³/mol. The van der Waals surface area contributed by atoms with Gasteiger partial charge in [-0.3, -0.25) is 14.9 Å². The molecule has 7 nitrogen and oxygen atoms in total. The van der Waals surface area contributed by atoms with Gasteiger partial charge in [0.05, 0.1) is 18.1 Å². The van der Waals surface area contributed by atoms with Crippen molar-refractivity contribution in [2.45, 2.75) is 6.42 Å². The Kier molecular flexibility index (Phi) is 6.24. The highest BCUT2D eigenvalue weighted by atomic mass is 16.6. The van der Waals surface area contributed by atoms with E-state index >= 15 is 0 Å². The molecule has 1 fully saturated rings. The molecule has 0 atom stereocenters. The lowest BCUT2D eigenvalue weighted by Gasteiger charge is -2.28. The van der Waals surface area contributed by atoms with Crippen molar-refractivity contribution in [1.29, 1.82) is 0 Å². The third-order valence-corrected chi connectivity index (χ3v) is 5.29. The molecule has 1 amide bonds. The van der Waals surface area contributed by atoms with E-state index in [1.807, 2.05) is 59.5 Å². The number of ether oxygens (including phenoxy) is 1. The van der Waals surface area contributed by atoms with Crippen molar-refractivity contribution >= 4 is 23.0 Å². The zero-order chi connectivity index (χ0) is 21.6. The number of benzene rings is 3. The minimum atomic E-state index is -0.440. The average molecular weight is 417 g/mol. The summed E-state index contributed by atoms with van der Waals surface area (Å²) >= 11 is 0. The number of morpholine rings is 1. The van der Waals surface area contributed by atoms with Crippen LogP contribution in [0.15, 0.2) is 72.8 Å². The molecule has 1 heterocycles. The maximum Gasteiger partial charge on any atom is 0.293 e. The van der Waals surface area contributed by atoms with Crippen molar-refractivity contribution in [2.24, 2.45) is 0 Å². The lowest BCUT2D eigenvalue weighted by atomic mass is 10.0. The van der Waals surface area contributed by atoms with E-state index < -0.39 is 4.92 Å². The zero-order valence-electron chi connectivity index (χ0n) is 17.0. The summed E-state index contributed by atoms with van der Waals surface area (Å²) in [5, 5.41) is 14.6. The Morgan fingerprint density at radius 2 is 1.71 bits per heavy atom. The fourth-order valence-electron chi connectivity index (χ4n) is 3.69. The average Bonchev–Trinajstić information content (AvgIpc) is 2.81. The summed E-state index contributed by atoms with van der Waals surface area (Å²) in [6, 6.07) is 22.2. The summed E-state index contributed by atoms with van der Waals surface area (Å²) in [5.41, 5.74) is 3.48. The quantitative estimate of drug-likeness (QED) is 0.478. The monoisotopic (exact) mass is 417 g/mol. The van der Waals surface area contributed by atoms with Crippen LogP contribution in [0.3, 0.4) is 0 Å². The second-order valence-electron chi connectivity index (χ2n) is 7.33. The maximum atomic E-state index is 12.9.